The highest BCUT2D eigenvalue weighted by Crippen LogP contribution is 2.57. The van der Waals surface area contributed by atoms with Gasteiger partial charge in [0.2, 0.25) is 5.91 Å². The molecule has 0 saturated heterocycles. The first-order valence-electron chi connectivity index (χ1n) is 11.9. The summed E-state index contributed by atoms with van der Waals surface area (Å²) in [4.78, 5) is 17.2. The second-order valence-corrected chi connectivity index (χ2v) is 12.3. The normalized spacial score (nSPS) is 14.3. The van der Waals surface area contributed by atoms with Crippen LogP contribution in [0, 0.1) is 11.6 Å². The van der Waals surface area contributed by atoms with Crippen molar-refractivity contribution in [2.45, 2.75) is 36.5 Å². The average molecular weight is 592 g/mol. The van der Waals surface area contributed by atoms with E-state index in [9.17, 15) is 22.0 Å². The molecular weight excluding hydrogens is 571 g/mol. The Balaban J connectivity index is 1.33. The highest BCUT2D eigenvalue weighted by Gasteiger charge is 2.52. The Morgan fingerprint density at radius 1 is 1.03 bits per heavy atom. The van der Waals surface area contributed by atoms with Crippen LogP contribution in [0.1, 0.15) is 36.7 Å². The molecule has 0 unspecified atom stereocenters. The zero-order chi connectivity index (χ0) is 27.9. The SMILES string of the molecule is CCS(=O)(=O)c1ccc(CC(=O)Nc2cc(Cl)c(C3(c4noc(-c5ccc(F)c(F)c5)n4)CC3)c(Cl)c2)cc1. The Hall–Kier alpha value is -3.34. The lowest BCUT2D eigenvalue weighted by atomic mass is 9.94. The zero-order valence-corrected chi connectivity index (χ0v) is 22.8. The maximum atomic E-state index is 13.7. The van der Waals surface area contributed by atoms with Gasteiger partial charge in [-0.3, -0.25) is 4.79 Å². The fourth-order valence-electron chi connectivity index (χ4n) is 4.35. The van der Waals surface area contributed by atoms with Crippen LogP contribution >= 0.6 is 23.2 Å². The number of amides is 1. The highest BCUT2D eigenvalue weighted by molar-refractivity contribution is 7.91. The maximum Gasteiger partial charge on any atom is 0.258 e. The van der Waals surface area contributed by atoms with Crippen LogP contribution < -0.4 is 5.32 Å². The minimum atomic E-state index is -3.32. The van der Waals surface area contributed by atoms with Gasteiger partial charge in [0.25, 0.3) is 5.89 Å². The molecule has 39 heavy (non-hydrogen) atoms. The number of hydrogen-bond acceptors (Lipinski definition) is 6. The van der Waals surface area contributed by atoms with Gasteiger partial charge < -0.3 is 9.84 Å². The average Bonchev–Trinajstić information content (AvgIpc) is 3.51. The summed E-state index contributed by atoms with van der Waals surface area (Å²) in [5.41, 5.74) is 1.13. The molecule has 0 aliphatic heterocycles. The molecule has 4 aromatic rings. The molecule has 0 bridgehead atoms. The summed E-state index contributed by atoms with van der Waals surface area (Å²) in [6, 6.07) is 12.6. The molecule has 1 saturated carbocycles. The Labute approximate surface area is 233 Å². The molecule has 1 fully saturated rings. The third kappa shape index (κ3) is 5.41. The van der Waals surface area contributed by atoms with Gasteiger partial charge in [-0.1, -0.05) is 47.4 Å². The molecule has 1 aliphatic rings. The van der Waals surface area contributed by atoms with E-state index >= 15 is 0 Å². The molecule has 1 aromatic heterocycles. The van der Waals surface area contributed by atoms with Crippen molar-refractivity contribution in [1.82, 2.24) is 10.1 Å². The van der Waals surface area contributed by atoms with E-state index in [4.69, 9.17) is 27.7 Å². The topological polar surface area (TPSA) is 102 Å². The van der Waals surface area contributed by atoms with E-state index < -0.39 is 26.9 Å². The number of halogens is 4. The van der Waals surface area contributed by atoms with Gasteiger partial charge in [-0.15, -0.1) is 0 Å². The van der Waals surface area contributed by atoms with E-state index in [0.717, 1.165) is 12.1 Å². The van der Waals surface area contributed by atoms with E-state index in [1.54, 1.807) is 31.2 Å². The molecule has 0 radical (unpaired) electrons. The minimum absolute atomic E-state index is 0.00620. The number of rotatable bonds is 8. The highest BCUT2D eigenvalue weighted by atomic mass is 35.5. The standard InChI is InChI=1S/C27H21Cl2F2N3O4S/c1-2-39(36,37)18-6-3-15(4-7-18)11-23(35)32-17-13-19(28)24(20(29)14-17)27(9-10-27)26-33-25(38-34-26)16-5-8-21(30)22(31)12-16/h3-8,12-14H,2,9-11H2,1H3,(H,32,35). The number of carbonyl (C=O) groups excluding carboxylic acids is 1. The van der Waals surface area contributed by atoms with E-state index in [0.29, 0.717) is 45.5 Å². The van der Waals surface area contributed by atoms with Crippen LogP contribution in [0.3, 0.4) is 0 Å². The quantitative estimate of drug-likeness (QED) is 0.255. The number of benzene rings is 3. The van der Waals surface area contributed by atoms with Crippen molar-refractivity contribution in [2.24, 2.45) is 0 Å². The van der Waals surface area contributed by atoms with Crippen molar-refractivity contribution >= 4 is 44.6 Å². The molecule has 0 spiro atoms. The molecule has 1 N–H and O–H groups in total. The third-order valence-electron chi connectivity index (χ3n) is 6.60. The summed E-state index contributed by atoms with van der Waals surface area (Å²) in [6.07, 6.45) is 1.29. The van der Waals surface area contributed by atoms with Crippen LogP contribution in [0.5, 0.6) is 0 Å². The lowest BCUT2D eigenvalue weighted by Gasteiger charge is -2.17. The first kappa shape index (κ1) is 27.2. The molecule has 1 amide bonds. The van der Waals surface area contributed by atoms with Gasteiger partial charge in [0.1, 0.15) is 0 Å². The summed E-state index contributed by atoms with van der Waals surface area (Å²) in [7, 11) is -3.32. The van der Waals surface area contributed by atoms with E-state index in [-0.39, 0.29) is 34.4 Å². The second-order valence-electron chi connectivity index (χ2n) is 9.22. The number of sulfone groups is 1. The molecule has 1 heterocycles. The van der Waals surface area contributed by atoms with Crippen molar-refractivity contribution in [2.75, 3.05) is 11.1 Å². The van der Waals surface area contributed by atoms with Crippen molar-refractivity contribution in [3.63, 3.8) is 0 Å². The molecule has 1 aliphatic carbocycles. The van der Waals surface area contributed by atoms with Gasteiger partial charge in [-0.25, -0.2) is 17.2 Å². The molecule has 5 rings (SSSR count). The monoisotopic (exact) mass is 591 g/mol. The number of nitrogens with zero attached hydrogens (tertiary/aromatic N) is 2. The first-order chi connectivity index (χ1) is 18.5. The number of aromatic nitrogens is 2. The van der Waals surface area contributed by atoms with Crippen molar-refractivity contribution in [3.05, 3.63) is 93.2 Å². The summed E-state index contributed by atoms with van der Waals surface area (Å²) in [5, 5.41) is 7.41. The Bertz CT molecular complexity index is 1660. The van der Waals surface area contributed by atoms with Gasteiger partial charge >= 0.3 is 0 Å². The number of nitrogens with one attached hydrogen (secondary N) is 1. The summed E-state index contributed by atoms with van der Waals surface area (Å²) >= 11 is 13.2. The lowest BCUT2D eigenvalue weighted by Crippen LogP contribution is -2.16. The van der Waals surface area contributed by atoms with E-state index in [1.165, 1.54) is 18.2 Å². The second kappa shape index (κ2) is 10.3. The molecule has 12 heteroatoms. The van der Waals surface area contributed by atoms with Crippen LogP contribution in [0.15, 0.2) is 64.0 Å². The minimum Gasteiger partial charge on any atom is -0.334 e. The predicted molar refractivity (Wildman–Crippen MR) is 143 cm³/mol. The largest absolute Gasteiger partial charge is 0.334 e. The van der Waals surface area contributed by atoms with Gasteiger partial charge in [0, 0.05) is 26.9 Å². The van der Waals surface area contributed by atoms with Crippen LogP contribution in [-0.2, 0) is 26.5 Å². The number of carbonyl (C=O) groups is 1. The fourth-order valence-corrected chi connectivity index (χ4v) is 6.08. The van der Waals surface area contributed by atoms with E-state index in [1.807, 2.05) is 0 Å². The number of anilines is 1. The molecular formula is C27H21Cl2F2N3O4S. The zero-order valence-electron chi connectivity index (χ0n) is 20.5. The summed E-state index contributed by atoms with van der Waals surface area (Å²) in [6.45, 7) is 1.57. The summed E-state index contributed by atoms with van der Waals surface area (Å²) in [5.74, 6) is -2.01. The van der Waals surface area contributed by atoms with Gasteiger partial charge in [-0.05, 0) is 60.9 Å². The summed E-state index contributed by atoms with van der Waals surface area (Å²) < 4.78 is 56.2. The van der Waals surface area contributed by atoms with E-state index in [2.05, 4.69) is 15.5 Å². The van der Waals surface area contributed by atoms with Crippen molar-refractivity contribution < 1.29 is 26.5 Å². The Kier molecular flexibility index (Phi) is 7.21. The van der Waals surface area contributed by atoms with Crippen LogP contribution in [0.4, 0.5) is 14.5 Å². The lowest BCUT2D eigenvalue weighted by molar-refractivity contribution is -0.115. The first-order valence-corrected chi connectivity index (χ1v) is 14.3. The molecule has 0 atom stereocenters. The van der Waals surface area contributed by atoms with Crippen LogP contribution in [0.2, 0.25) is 10.0 Å². The van der Waals surface area contributed by atoms with Crippen molar-refractivity contribution in [1.29, 1.82) is 0 Å². The van der Waals surface area contributed by atoms with Crippen LogP contribution in [-0.4, -0.2) is 30.2 Å². The molecule has 7 nitrogen and oxygen atoms in total. The fraction of sp³-hybridized carbons (Fsp3) is 0.222. The van der Waals surface area contributed by atoms with Gasteiger partial charge in [0.05, 0.1) is 22.5 Å². The van der Waals surface area contributed by atoms with Gasteiger partial charge in [0.15, 0.2) is 27.3 Å². The maximum absolute atomic E-state index is 13.7. The Morgan fingerprint density at radius 2 is 1.69 bits per heavy atom. The van der Waals surface area contributed by atoms with Crippen LogP contribution in [0.25, 0.3) is 11.5 Å². The third-order valence-corrected chi connectivity index (χ3v) is 8.95. The smallest absolute Gasteiger partial charge is 0.258 e. The molecule has 3 aromatic carbocycles. The Morgan fingerprint density at radius 3 is 2.28 bits per heavy atom. The van der Waals surface area contributed by atoms with Gasteiger partial charge in [-0.2, -0.15) is 4.98 Å². The predicted octanol–water partition coefficient (Wildman–Crippen LogP) is 6.38. The van der Waals surface area contributed by atoms with Crippen molar-refractivity contribution in [3.8, 4) is 11.5 Å². The number of hydrogen-bond donors (Lipinski definition) is 1. The molecule has 202 valence electrons.